The summed E-state index contributed by atoms with van der Waals surface area (Å²) in [6.45, 7) is 0. The maximum absolute atomic E-state index is 12.3. The van der Waals surface area contributed by atoms with Crippen molar-refractivity contribution in [1.82, 2.24) is 0 Å². The lowest BCUT2D eigenvalue weighted by Crippen LogP contribution is -2.13. The topological polar surface area (TPSA) is 46.2 Å². The number of para-hydroxylation sites is 1. The van der Waals surface area contributed by atoms with Gasteiger partial charge in [0.05, 0.1) is 4.90 Å². The first-order valence-electron chi connectivity index (χ1n) is 6.33. The van der Waals surface area contributed by atoms with E-state index in [1.165, 1.54) is 0 Å². The molecule has 1 aliphatic carbocycles. The normalized spacial score (nSPS) is 15.2. The Kier molecular flexibility index (Phi) is 3.03. The quantitative estimate of drug-likeness (QED) is 0.928. The van der Waals surface area contributed by atoms with Crippen LogP contribution < -0.4 is 4.72 Å². The lowest BCUT2D eigenvalue weighted by atomic mass is 10.1. The van der Waals surface area contributed by atoms with E-state index in [4.69, 9.17) is 0 Å². The maximum atomic E-state index is 12.3. The number of sulfonamides is 1. The summed E-state index contributed by atoms with van der Waals surface area (Å²) < 4.78 is 27.2. The van der Waals surface area contributed by atoms with Gasteiger partial charge in [-0.3, -0.25) is 4.72 Å². The highest BCUT2D eigenvalue weighted by molar-refractivity contribution is 7.92. The predicted octanol–water partition coefficient (Wildman–Crippen LogP) is 3.36. The largest absolute Gasteiger partial charge is 0.280 e. The van der Waals surface area contributed by atoms with Crippen molar-refractivity contribution in [3.8, 4) is 0 Å². The zero-order valence-electron chi connectivity index (χ0n) is 10.4. The summed E-state index contributed by atoms with van der Waals surface area (Å²) in [7, 11) is -3.49. The Hall–Kier alpha value is -1.81. The number of hydrogen-bond donors (Lipinski definition) is 1. The van der Waals surface area contributed by atoms with E-state index in [-0.39, 0.29) is 0 Å². The van der Waals surface area contributed by atoms with Crippen LogP contribution in [0.4, 0.5) is 5.69 Å². The van der Waals surface area contributed by atoms with Crippen LogP contribution in [0, 0.1) is 0 Å². The minimum Gasteiger partial charge on any atom is -0.280 e. The number of nitrogens with one attached hydrogen (secondary N) is 1. The summed E-state index contributed by atoms with van der Waals surface area (Å²) in [5.74, 6) is 0.548. The average Bonchev–Trinajstić information content (AvgIpc) is 3.24. The molecule has 0 heterocycles. The van der Waals surface area contributed by atoms with Crippen LogP contribution in [0.5, 0.6) is 0 Å². The van der Waals surface area contributed by atoms with Gasteiger partial charge in [-0.1, -0.05) is 30.3 Å². The molecule has 1 fully saturated rings. The molecule has 0 aliphatic heterocycles. The van der Waals surface area contributed by atoms with Crippen molar-refractivity contribution in [2.75, 3.05) is 4.72 Å². The average molecular weight is 273 g/mol. The Morgan fingerprint density at radius 2 is 1.68 bits per heavy atom. The first-order chi connectivity index (χ1) is 9.15. The maximum Gasteiger partial charge on any atom is 0.261 e. The van der Waals surface area contributed by atoms with E-state index in [0.29, 0.717) is 16.5 Å². The van der Waals surface area contributed by atoms with E-state index in [9.17, 15) is 8.42 Å². The predicted molar refractivity (Wildman–Crippen MR) is 75.7 cm³/mol. The van der Waals surface area contributed by atoms with Gasteiger partial charge >= 0.3 is 0 Å². The standard InChI is InChI=1S/C15H15NO2S/c17-19(18,16-14-6-2-1-3-7-14)15-8-4-5-13(11-15)12-9-10-12/h1-8,11-12,16H,9-10H2. The Labute approximate surface area is 113 Å². The fraction of sp³-hybridized carbons (Fsp3) is 0.200. The number of benzene rings is 2. The molecule has 1 N–H and O–H groups in total. The van der Waals surface area contributed by atoms with Gasteiger partial charge in [-0.15, -0.1) is 0 Å². The molecule has 1 saturated carbocycles. The number of rotatable bonds is 4. The molecule has 1 aliphatic rings. The molecule has 19 heavy (non-hydrogen) atoms. The molecule has 0 amide bonds. The molecule has 0 aromatic heterocycles. The summed E-state index contributed by atoms with van der Waals surface area (Å²) in [5.41, 5.74) is 1.70. The molecular weight excluding hydrogens is 258 g/mol. The summed E-state index contributed by atoms with van der Waals surface area (Å²) in [6, 6.07) is 16.2. The van der Waals surface area contributed by atoms with Crippen molar-refractivity contribution < 1.29 is 8.42 Å². The van der Waals surface area contributed by atoms with E-state index in [1.807, 2.05) is 18.2 Å². The molecule has 4 heteroatoms. The third kappa shape index (κ3) is 2.79. The summed E-state index contributed by atoms with van der Waals surface area (Å²) in [6.07, 6.45) is 2.32. The monoisotopic (exact) mass is 273 g/mol. The fourth-order valence-corrected chi connectivity index (χ4v) is 3.19. The molecule has 98 valence electrons. The molecule has 0 radical (unpaired) electrons. The van der Waals surface area contributed by atoms with Crippen molar-refractivity contribution >= 4 is 15.7 Å². The second kappa shape index (κ2) is 4.70. The van der Waals surface area contributed by atoms with Crippen LogP contribution in [0.2, 0.25) is 0 Å². The SMILES string of the molecule is O=S(=O)(Nc1ccccc1)c1cccc(C2CC2)c1. The van der Waals surface area contributed by atoms with Crippen LogP contribution in [-0.2, 0) is 10.0 Å². The second-order valence-corrected chi connectivity index (χ2v) is 6.50. The Morgan fingerprint density at radius 1 is 0.947 bits per heavy atom. The molecule has 0 bridgehead atoms. The first kappa shape index (κ1) is 12.2. The van der Waals surface area contributed by atoms with E-state index in [1.54, 1.807) is 36.4 Å². The van der Waals surface area contributed by atoms with Gasteiger partial charge < -0.3 is 0 Å². The van der Waals surface area contributed by atoms with E-state index in [0.717, 1.165) is 18.4 Å². The van der Waals surface area contributed by atoms with Crippen molar-refractivity contribution in [3.05, 3.63) is 60.2 Å². The van der Waals surface area contributed by atoms with Gasteiger partial charge in [-0.05, 0) is 48.6 Å². The zero-order chi connectivity index (χ0) is 13.3. The van der Waals surface area contributed by atoms with E-state index in [2.05, 4.69) is 4.72 Å². The Morgan fingerprint density at radius 3 is 2.37 bits per heavy atom. The molecule has 0 spiro atoms. The highest BCUT2D eigenvalue weighted by Crippen LogP contribution is 2.40. The molecule has 0 atom stereocenters. The lowest BCUT2D eigenvalue weighted by Gasteiger charge is -2.09. The van der Waals surface area contributed by atoms with E-state index >= 15 is 0 Å². The van der Waals surface area contributed by atoms with Gasteiger partial charge in [0, 0.05) is 5.69 Å². The smallest absolute Gasteiger partial charge is 0.261 e. The first-order valence-corrected chi connectivity index (χ1v) is 7.81. The Bertz CT molecular complexity index is 676. The van der Waals surface area contributed by atoms with Crippen LogP contribution in [0.3, 0.4) is 0 Å². The molecule has 2 aromatic carbocycles. The fourth-order valence-electron chi connectivity index (χ4n) is 2.07. The van der Waals surface area contributed by atoms with Crippen LogP contribution >= 0.6 is 0 Å². The molecule has 0 unspecified atom stereocenters. The van der Waals surface area contributed by atoms with Crippen LogP contribution in [-0.4, -0.2) is 8.42 Å². The molecular formula is C15H15NO2S. The van der Waals surface area contributed by atoms with Crippen molar-refractivity contribution in [2.24, 2.45) is 0 Å². The van der Waals surface area contributed by atoms with E-state index < -0.39 is 10.0 Å². The van der Waals surface area contributed by atoms with Crippen LogP contribution in [0.15, 0.2) is 59.5 Å². The minimum atomic E-state index is -3.49. The van der Waals surface area contributed by atoms with Gasteiger partial charge in [0.15, 0.2) is 0 Å². The molecule has 0 saturated heterocycles. The van der Waals surface area contributed by atoms with Gasteiger partial charge in [0.25, 0.3) is 10.0 Å². The zero-order valence-corrected chi connectivity index (χ0v) is 11.2. The number of anilines is 1. The summed E-state index contributed by atoms with van der Waals surface area (Å²) in [5, 5.41) is 0. The third-order valence-electron chi connectivity index (χ3n) is 3.24. The highest BCUT2D eigenvalue weighted by atomic mass is 32.2. The summed E-state index contributed by atoms with van der Waals surface area (Å²) in [4.78, 5) is 0.334. The van der Waals surface area contributed by atoms with Crippen molar-refractivity contribution in [3.63, 3.8) is 0 Å². The molecule has 3 nitrogen and oxygen atoms in total. The number of hydrogen-bond acceptors (Lipinski definition) is 2. The highest BCUT2D eigenvalue weighted by Gasteiger charge is 2.25. The Balaban J connectivity index is 1.89. The van der Waals surface area contributed by atoms with Gasteiger partial charge in [0.2, 0.25) is 0 Å². The molecule has 2 aromatic rings. The second-order valence-electron chi connectivity index (χ2n) is 4.82. The minimum absolute atomic E-state index is 0.334. The third-order valence-corrected chi connectivity index (χ3v) is 4.62. The molecule has 3 rings (SSSR count). The van der Waals surface area contributed by atoms with Gasteiger partial charge in [0.1, 0.15) is 0 Å². The van der Waals surface area contributed by atoms with Crippen molar-refractivity contribution in [2.45, 2.75) is 23.7 Å². The summed E-state index contributed by atoms with van der Waals surface area (Å²) >= 11 is 0. The van der Waals surface area contributed by atoms with Crippen LogP contribution in [0.25, 0.3) is 0 Å². The van der Waals surface area contributed by atoms with Crippen LogP contribution in [0.1, 0.15) is 24.3 Å². The van der Waals surface area contributed by atoms with Gasteiger partial charge in [-0.2, -0.15) is 0 Å². The van der Waals surface area contributed by atoms with Crippen molar-refractivity contribution in [1.29, 1.82) is 0 Å². The van der Waals surface area contributed by atoms with Gasteiger partial charge in [-0.25, -0.2) is 8.42 Å². The lowest BCUT2D eigenvalue weighted by molar-refractivity contribution is 0.601.